The lowest BCUT2D eigenvalue weighted by Gasteiger charge is -2.12. The summed E-state index contributed by atoms with van der Waals surface area (Å²) in [6.45, 7) is 5.69. The molecule has 0 amide bonds. The van der Waals surface area contributed by atoms with Crippen molar-refractivity contribution >= 4 is 11.6 Å². The summed E-state index contributed by atoms with van der Waals surface area (Å²) in [4.78, 5) is 0. The predicted octanol–water partition coefficient (Wildman–Crippen LogP) is 4.19. The van der Waals surface area contributed by atoms with Crippen molar-refractivity contribution in [3.63, 3.8) is 0 Å². The highest BCUT2D eigenvalue weighted by Gasteiger charge is 2.04. The van der Waals surface area contributed by atoms with Crippen molar-refractivity contribution in [1.82, 2.24) is 5.32 Å². The maximum atomic E-state index is 6.13. The molecule has 0 fully saturated rings. The molecule has 2 aromatic carbocycles. The molecule has 0 atom stereocenters. The fourth-order valence-electron chi connectivity index (χ4n) is 1.87. The van der Waals surface area contributed by atoms with E-state index in [9.17, 15) is 0 Å². The van der Waals surface area contributed by atoms with Crippen molar-refractivity contribution in [2.75, 3.05) is 6.54 Å². The van der Waals surface area contributed by atoms with Crippen molar-refractivity contribution in [3.8, 4) is 5.75 Å². The summed E-state index contributed by atoms with van der Waals surface area (Å²) >= 11 is 6.13. The van der Waals surface area contributed by atoms with Crippen LogP contribution in [0.15, 0.2) is 61.2 Å². The summed E-state index contributed by atoms with van der Waals surface area (Å²) in [5.74, 6) is 0.879. The van der Waals surface area contributed by atoms with Crippen LogP contribution in [-0.2, 0) is 13.2 Å². The van der Waals surface area contributed by atoms with Gasteiger partial charge in [0, 0.05) is 29.2 Å². The number of benzene rings is 2. The molecule has 2 rings (SSSR count). The molecule has 0 aromatic heterocycles. The van der Waals surface area contributed by atoms with Gasteiger partial charge in [-0.15, -0.1) is 6.58 Å². The van der Waals surface area contributed by atoms with E-state index in [1.807, 2.05) is 48.5 Å². The molecule has 0 heterocycles. The summed E-state index contributed by atoms with van der Waals surface area (Å²) < 4.78 is 5.88. The van der Waals surface area contributed by atoms with Crippen LogP contribution in [0.2, 0.25) is 5.02 Å². The minimum absolute atomic E-state index is 0.470. The van der Waals surface area contributed by atoms with E-state index in [0.29, 0.717) is 6.61 Å². The van der Waals surface area contributed by atoms with Gasteiger partial charge in [0.05, 0.1) is 0 Å². The first-order chi connectivity index (χ1) is 9.81. The van der Waals surface area contributed by atoms with Crippen LogP contribution in [0.4, 0.5) is 0 Å². The maximum absolute atomic E-state index is 6.13. The number of rotatable bonds is 7. The first kappa shape index (κ1) is 14.6. The Labute approximate surface area is 125 Å². The number of para-hydroxylation sites is 1. The van der Waals surface area contributed by atoms with E-state index >= 15 is 0 Å². The largest absolute Gasteiger partial charge is 0.489 e. The summed E-state index contributed by atoms with van der Waals surface area (Å²) in [7, 11) is 0. The van der Waals surface area contributed by atoms with Crippen LogP contribution in [0.3, 0.4) is 0 Å². The smallest absolute Gasteiger partial charge is 0.124 e. The molecule has 0 saturated carbocycles. The van der Waals surface area contributed by atoms with Gasteiger partial charge in [-0.2, -0.15) is 0 Å². The number of hydrogen-bond acceptors (Lipinski definition) is 2. The molecule has 2 nitrogen and oxygen atoms in total. The second-order valence-electron chi connectivity index (χ2n) is 4.41. The highest BCUT2D eigenvalue weighted by atomic mass is 35.5. The molecular formula is C17H18ClNO. The summed E-state index contributed by atoms with van der Waals surface area (Å²) in [6, 6.07) is 15.7. The van der Waals surface area contributed by atoms with Gasteiger partial charge < -0.3 is 10.1 Å². The SMILES string of the molecule is C=CCNCc1ccccc1OCc1ccccc1Cl. The first-order valence-electron chi connectivity index (χ1n) is 6.57. The molecule has 0 unspecified atom stereocenters. The van der Waals surface area contributed by atoms with Gasteiger partial charge in [0.1, 0.15) is 12.4 Å². The number of halogens is 1. The standard InChI is InChI=1S/C17H18ClNO/c1-2-11-19-12-14-7-4-6-10-17(14)20-13-15-8-3-5-9-16(15)18/h2-10,19H,1,11-13H2. The van der Waals surface area contributed by atoms with Crippen LogP contribution < -0.4 is 10.1 Å². The number of hydrogen-bond donors (Lipinski definition) is 1. The van der Waals surface area contributed by atoms with E-state index in [0.717, 1.165) is 35.0 Å². The van der Waals surface area contributed by atoms with Crippen LogP contribution in [-0.4, -0.2) is 6.54 Å². The zero-order valence-electron chi connectivity index (χ0n) is 11.3. The zero-order valence-corrected chi connectivity index (χ0v) is 12.1. The van der Waals surface area contributed by atoms with Crippen LogP contribution in [0, 0.1) is 0 Å². The maximum Gasteiger partial charge on any atom is 0.124 e. The third-order valence-electron chi connectivity index (χ3n) is 2.92. The van der Waals surface area contributed by atoms with Gasteiger partial charge >= 0.3 is 0 Å². The number of nitrogens with one attached hydrogen (secondary N) is 1. The lowest BCUT2D eigenvalue weighted by atomic mass is 10.2. The van der Waals surface area contributed by atoms with E-state index < -0.39 is 0 Å². The average molecular weight is 288 g/mol. The Morgan fingerprint density at radius 2 is 1.75 bits per heavy atom. The summed E-state index contributed by atoms with van der Waals surface area (Å²) in [5.41, 5.74) is 2.12. The van der Waals surface area contributed by atoms with Gasteiger partial charge in [-0.1, -0.05) is 54.1 Å². The second-order valence-corrected chi connectivity index (χ2v) is 4.81. The molecule has 104 valence electrons. The van der Waals surface area contributed by atoms with Gasteiger partial charge in [-0.25, -0.2) is 0 Å². The van der Waals surface area contributed by atoms with Gasteiger partial charge in [-0.05, 0) is 12.1 Å². The highest BCUT2D eigenvalue weighted by Crippen LogP contribution is 2.21. The molecule has 0 bridgehead atoms. The molecular weight excluding hydrogens is 270 g/mol. The Bertz CT molecular complexity index is 568. The van der Waals surface area contributed by atoms with Crippen LogP contribution in [0.1, 0.15) is 11.1 Å². The van der Waals surface area contributed by atoms with Crippen molar-refractivity contribution < 1.29 is 4.74 Å². The molecule has 0 spiro atoms. The molecule has 0 saturated heterocycles. The van der Waals surface area contributed by atoms with Gasteiger partial charge in [0.2, 0.25) is 0 Å². The molecule has 0 aliphatic carbocycles. The topological polar surface area (TPSA) is 21.3 Å². The monoisotopic (exact) mass is 287 g/mol. The van der Waals surface area contributed by atoms with E-state index in [1.165, 1.54) is 0 Å². The molecule has 0 aliphatic rings. The van der Waals surface area contributed by atoms with Crippen molar-refractivity contribution in [2.45, 2.75) is 13.2 Å². The minimum atomic E-state index is 0.470. The lowest BCUT2D eigenvalue weighted by Crippen LogP contribution is -2.13. The Hall–Kier alpha value is -1.77. The molecule has 2 aromatic rings. The molecule has 1 N–H and O–H groups in total. The number of ether oxygens (including phenoxy) is 1. The fourth-order valence-corrected chi connectivity index (χ4v) is 2.06. The van der Waals surface area contributed by atoms with E-state index in [2.05, 4.69) is 18.0 Å². The van der Waals surface area contributed by atoms with Gasteiger partial charge in [0.15, 0.2) is 0 Å². The van der Waals surface area contributed by atoms with E-state index in [1.54, 1.807) is 0 Å². The first-order valence-corrected chi connectivity index (χ1v) is 6.95. The fraction of sp³-hybridized carbons (Fsp3) is 0.176. The average Bonchev–Trinajstić information content (AvgIpc) is 2.48. The van der Waals surface area contributed by atoms with Crippen molar-refractivity contribution in [3.05, 3.63) is 77.3 Å². The predicted molar refractivity (Wildman–Crippen MR) is 84.1 cm³/mol. The van der Waals surface area contributed by atoms with E-state index in [4.69, 9.17) is 16.3 Å². The minimum Gasteiger partial charge on any atom is -0.489 e. The normalized spacial score (nSPS) is 10.2. The highest BCUT2D eigenvalue weighted by molar-refractivity contribution is 6.31. The summed E-state index contributed by atoms with van der Waals surface area (Å²) in [5, 5.41) is 4.01. The Balaban J connectivity index is 2.02. The Morgan fingerprint density at radius 1 is 1.05 bits per heavy atom. The van der Waals surface area contributed by atoms with Crippen molar-refractivity contribution in [2.24, 2.45) is 0 Å². The van der Waals surface area contributed by atoms with Crippen molar-refractivity contribution in [1.29, 1.82) is 0 Å². The third-order valence-corrected chi connectivity index (χ3v) is 3.29. The van der Waals surface area contributed by atoms with Crippen LogP contribution >= 0.6 is 11.6 Å². The van der Waals surface area contributed by atoms with E-state index in [-0.39, 0.29) is 0 Å². The van der Waals surface area contributed by atoms with Gasteiger partial charge in [-0.3, -0.25) is 0 Å². The molecule has 0 aliphatic heterocycles. The van der Waals surface area contributed by atoms with Gasteiger partial charge in [0.25, 0.3) is 0 Å². The van der Waals surface area contributed by atoms with Crippen LogP contribution in [0.25, 0.3) is 0 Å². The Morgan fingerprint density at radius 3 is 2.50 bits per heavy atom. The molecule has 3 heteroatoms. The summed E-state index contributed by atoms with van der Waals surface area (Å²) in [6.07, 6.45) is 1.84. The zero-order chi connectivity index (χ0) is 14.2. The lowest BCUT2D eigenvalue weighted by molar-refractivity contribution is 0.302. The second kappa shape index (κ2) is 7.73. The quantitative estimate of drug-likeness (QED) is 0.609. The van der Waals surface area contributed by atoms with Crippen LogP contribution in [0.5, 0.6) is 5.75 Å². The Kier molecular flexibility index (Phi) is 5.66. The molecule has 20 heavy (non-hydrogen) atoms. The molecule has 0 radical (unpaired) electrons. The third kappa shape index (κ3) is 4.12.